The first-order chi connectivity index (χ1) is 16.0. The fourth-order valence-corrected chi connectivity index (χ4v) is 4.51. The number of halogens is 1. The van der Waals surface area contributed by atoms with E-state index in [2.05, 4.69) is 5.32 Å². The maximum absolute atomic E-state index is 13.3. The number of nitrogens with zero attached hydrogens (tertiary/aromatic N) is 2. The number of hydrogen-bond donors (Lipinski definition) is 1. The van der Waals surface area contributed by atoms with Gasteiger partial charge in [-0.15, -0.1) is 11.3 Å². The first-order valence-electron chi connectivity index (χ1n) is 10.3. The highest BCUT2D eigenvalue weighted by molar-refractivity contribution is 7.09. The van der Waals surface area contributed by atoms with Crippen LogP contribution in [-0.2, 0) is 16.0 Å². The molecule has 7 nitrogen and oxygen atoms in total. The highest BCUT2D eigenvalue weighted by Crippen LogP contribution is 2.30. The van der Waals surface area contributed by atoms with Crippen LogP contribution in [0, 0.1) is 0 Å². The lowest BCUT2D eigenvalue weighted by Gasteiger charge is -2.21. The van der Waals surface area contributed by atoms with Gasteiger partial charge in [-0.2, -0.15) is 0 Å². The van der Waals surface area contributed by atoms with Crippen LogP contribution in [0.15, 0.2) is 66.0 Å². The van der Waals surface area contributed by atoms with E-state index in [1.165, 1.54) is 12.0 Å². The number of thiophene rings is 1. The van der Waals surface area contributed by atoms with Crippen LogP contribution in [0.25, 0.3) is 0 Å². The molecule has 0 spiro atoms. The number of imide groups is 1. The second-order valence-electron chi connectivity index (χ2n) is 7.46. The van der Waals surface area contributed by atoms with Gasteiger partial charge in [-0.3, -0.25) is 9.59 Å². The van der Waals surface area contributed by atoms with Gasteiger partial charge in [-0.25, -0.2) is 9.69 Å². The molecule has 1 N–H and O–H groups in total. The lowest BCUT2D eigenvalue weighted by Crippen LogP contribution is -2.39. The van der Waals surface area contributed by atoms with E-state index in [0.717, 1.165) is 9.78 Å². The Morgan fingerprint density at radius 1 is 1.12 bits per heavy atom. The quantitative estimate of drug-likeness (QED) is 0.466. The minimum Gasteiger partial charge on any atom is -0.497 e. The molecule has 1 aliphatic rings. The Kier molecular flexibility index (Phi) is 6.96. The van der Waals surface area contributed by atoms with Crippen LogP contribution in [0.3, 0.4) is 0 Å². The maximum Gasteiger partial charge on any atom is 0.332 e. The monoisotopic (exact) mass is 483 g/mol. The summed E-state index contributed by atoms with van der Waals surface area (Å²) >= 11 is 7.48. The van der Waals surface area contributed by atoms with Crippen molar-refractivity contribution in [2.45, 2.75) is 18.9 Å². The fraction of sp³-hybridized carbons (Fsp3) is 0.208. The normalized spacial score (nSPS) is 15.8. The highest BCUT2D eigenvalue weighted by Gasteiger charge is 2.46. The number of methoxy groups -OCH3 is 1. The Morgan fingerprint density at radius 3 is 2.61 bits per heavy atom. The summed E-state index contributed by atoms with van der Waals surface area (Å²) in [5, 5.41) is 5.29. The van der Waals surface area contributed by atoms with Crippen LogP contribution in [0.1, 0.15) is 11.3 Å². The molecule has 2 aromatic carbocycles. The van der Waals surface area contributed by atoms with E-state index in [4.69, 9.17) is 16.3 Å². The number of amides is 4. The number of urea groups is 1. The molecule has 1 aliphatic heterocycles. The largest absolute Gasteiger partial charge is 0.497 e. The van der Waals surface area contributed by atoms with Gasteiger partial charge >= 0.3 is 6.03 Å². The number of rotatable bonds is 8. The maximum atomic E-state index is 13.3. The molecule has 1 aromatic heterocycles. The third-order valence-electron chi connectivity index (χ3n) is 5.32. The smallest absolute Gasteiger partial charge is 0.332 e. The summed E-state index contributed by atoms with van der Waals surface area (Å²) in [6, 6.07) is 16.0. The molecule has 9 heteroatoms. The van der Waals surface area contributed by atoms with Gasteiger partial charge < -0.3 is 15.0 Å². The van der Waals surface area contributed by atoms with Crippen molar-refractivity contribution in [2.75, 3.05) is 23.9 Å². The summed E-state index contributed by atoms with van der Waals surface area (Å²) in [4.78, 5) is 43.1. The van der Waals surface area contributed by atoms with E-state index < -0.39 is 18.0 Å². The van der Waals surface area contributed by atoms with E-state index in [1.807, 2.05) is 17.5 Å². The minimum absolute atomic E-state index is 0.155. The van der Waals surface area contributed by atoms with Gasteiger partial charge in [0.15, 0.2) is 0 Å². The van der Waals surface area contributed by atoms with Gasteiger partial charge in [0.1, 0.15) is 11.8 Å². The van der Waals surface area contributed by atoms with Crippen molar-refractivity contribution in [3.63, 3.8) is 0 Å². The Balaban J connectivity index is 1.56. The molecule has 0 bridgehead atoms. The number of benzene rings is 2. The van der Waals surface area contributed by atoms with Crippen LogP contribution in [0.4, 0.5) is 16.2 Å². The SMILES string of the molecule is COc1cccc(N2C(=O)[C@@H](CC(=O)Nc3ccc(Cl)cc3)N(CCc3cccs3)C2=O)c1. The van der Waals surface area contributed by atoms with Crippen molar-refractivity contribution in [1.82, 2.24) is 4.90 Å². The highest BCUT2D eigenvalue weighted by atomic mass is 35.5. The predicted molar refractivity (Wildman–Crippen MR) is 129 cm³/mol. The van der Waals surface area contributed by atoms with Crippen molar-refractivity contribution < 1.29 is 19.1 Å². The van der Waals surface area contributed by atoms with Crippen molar-refractivity contribution in [1.29, 1.82) is 0 Å². The molecular weight excluding hydrogens is 462 g/mol. The molecule has 1 fully saturated rings. The average molecular weight is 484 g/mol. The van der Waals surface area contributed by atoms with E-state index in [1.54, 1.807) is 59.9 Å². The van der Waals surface area contributed by atoms with Gasteiger partial charge in [-0.05, 0) is 54.3 Å². The summed E-state index contributed by atoms with van der Waals surface area (Å²) in [6.07, 6.45) is 0.441. The zero-order valence-electron chi connectivity index (χ0n) is 17.9. The van der Waals surface area contributed by atoms with Gasteiger partial charge in [0, 0.05) is 28.2 Å². The van der Waals surface area contributed by atoms with Crippen LogP contribution in [0.2, 0.25) is 5.02 Å². The standard InChI is InChI=1S/C24H22ClN3O4S/c1-32-19-5-2-4-18(14-19)28-23(30)21(15-22(29)26-17-9-7-16(25)8-10-17)27(24(28)31)12-11-20-6-3-13-33-20/h2-10,13-14,21H,11-12,15H2,1H3,(H,26,29)/t21-/m1/s1. The van der Waals surface area contributed by atoms with E-state index >= 15 is 0 Å². The van der Waals surface area contributed by atoms with Crippen molar-refractivity contribution in [2.24, 2.45) is 0 Å². The molecule has 1 saturated heterocycles. The minimum atomic E-state index is -0.907. The van der Waals surface area contributed by atoms with Crippen LogP contribution in [-0.4, -0.2) is 42.4 Å². The summed E-state index contributed by atoms with van der Waals surface area (Å²) in [5.41, 5.74) is 0.974. The number of ether oxygens (including phenoxy) is 1. The third-order valence-corrected chi connectivity index (χ3v) is 6.50. The second-order valence-corrected chi connectivity index (χ2v) is 8.92. The number of nitrogens with one attached hydrogen (secondary N) is 1. The Morgan fingerprint density at radius 2 is 1.91 bits per heavy atom. The topological polar surface area (TPSA) is 79.0 Å². The van der Waals surface area contributed by atoms with E-state index in [0.29, 0.717) is 35.1 Å². The fourth-order valence-electron chi connectivity index (χ4n) is 3.68. The molecule has 0 unspecified atom stereocenters. The van der Waals surface area contributed by atoms with Crippen molar-refractivity contribution in [3.05, 3.63) is 75.9 Å². The van der Waals surface area contributed by atoms with Crippen LogP contribution in [0.5, 0.6) is 5.75 Å². The van der Waals surface area contributed by atoms with Crippen molar-refractivity contribution in [3.8, 4) is 5.75 Å². The van der Waals surface area contributed by atoms with E-state index in [-0.39, 0.29) is 12.3 Å². The van der Waals surface area contributed by atoms with Gasteiger partial charge in [-0.1, -0.05) is 23.7 Å². The zero-order valence-corrected chi connectivity index (χ0v) is 19.4. The zero-order chi connectivity index (χ0) is 23.4. The Hall–Kier alpha value is -3.36. The number of anilines is 2. The van der Waals surface area contributed by atoms with Crippen molar-refractivity contribution >= 4 is 52.2 Å². The Bertz CT molecular complexity index is 1150. The third kappa shape index (κ3) is 5.18. The van der Waals surface area contributed by atoms with Gasteiger partial charge in [0.25, 0.3) is 5.91 Å². The first kappa shape index (κ1) is 22.8. The number of carbonyl (C=O) groups is 3. The second kappa shape index (κ2) is 10.1. The molecule has 0 aliphatic carbocycles. The molecule has 0 saturated carbocycles. The predicted octanol–water partition coefficient (Wildman–Crippen LogP) is 4.82. The Labute approximate surface area is 200 Å². The van der Waals surface area contributed by atoms with Gasteiger partial charge in [0.2, 0.25) is 5.91 Å². The number of hydrogen-bond acceptors (Lipinski definition) is 5. The number of carbonyl (C=O) groups excluding carboxylic acids is 3. The molecule has 4 rings (SSSR count). The molecule has 2 heterocycles. The summed E-state index contributed by atoms with van der Waals surface area (Å²) in [6.45, 7) is 0.324. The molecule has 33 heavy (non-hydrogen) atoms. The molecule has 0 radical (unpaired) electrons. The summed E-state index contributed by atoms with van der Waals surface area (Å²) in [5.74, 6) is -0.273. The van der Waals surface area contributed by atoms with Crippen LogP contribution >= 0.6 is 22.9 Å². The first-order valence-corrected chi connectivity index (χ1v) is 11.6. The molecular formula is C24H22ClN3O4S. The lowest BCUT2D eigenvalue weighted by atomic mass is 10.1. The van der Waals surface area contributed by atoms with Crippen LogP contribution < -0.4 is 15.0 Å². The van der Waals surface area contributed by atoms with Gasteiger partial charge in [0.05, 0.1) is 19.2 Å². The average Bonchev–Trinajstić information content (AvgIpc) is 3.41. The lowest BCUT2D eigenvalue weighted by molar-refractivity contribution is -0.124. The molecule has 170 valence electrons. The molecule has 3 aromatic rings. The summed E-state index contributed by atoms with van der Waals surface area (Å²) in [7, 11) is 1.52. The van der Waals surface area contributed by atoms with E-state index in [9.17, 15) is 14.4 Å². The molecule has 1 atom stereocenters. The molecule has 4 amide bonds. The summed E-state index contributed by atoms with van der Waals surface area (Å²) < 4.78 is 5.24.